The summed E-state index contributed by atoms with van der Waals surface area (Å²) in [6.07, 6.45) is 0. The number of aromatic nitrogens is 2. The molecule has 0 bridgehead atoms. The molecule has 1 atom stereocenters. The van der Waals surface area contributed by atoms with Gasteiger partial charge >= 0.3 is 5.69 Å². The first kappa shape index (κ1) is 11.2. The molecule has 4 nitrogen and oxygen atoms in total. The van der Waals surface area contributed by atoms with Crippen LogP contribution >= 0.6 is 11.6 Å². The molecular formula is C11H14ClN3O. The van der Waals surface area contributed by atoms with Gasteiger partial charge in [-0.2, -0.15) is 0 Å². The minimum Gasteiger partial charge on any atom is -0.324 e. The average molecular weight is 240 g/mol. The van der Waals surface area contributed by atoms with E-state index in [9.17, 15) is 4.79 Å². The molecule has 16 heavy (non-hydrogen) atoms. The molecule has 0 aliphatic heterocycles. The van der Waals surface area contributed by atoms with Crippen molar-refractivity contribution in [2.75, 3.05) is 0 Å². The first-order valence-corrected chi connectivity index (χ1v) is 5.54. The number of hydrogen-bond donors (Lipinski definition) is 3. The second kappa shape index (κ2) is 3.96. The van der Waals surface area contributed by atoms with Crippen molar-refractivity contribution >= 4 is 22.6 Å². The molecule has 0 fully saturated rings. The maximum absolute atomic E-state index is 11.1. The van der Waals surface area contributed by atoms with E-state index in [0.29, 0.717) is 16.5 Å². The topological polar surface area (TPSA) is 74.7 Å². The van der Waals surface area contributed by atoms with Gasteiger partial charge in [-0.25, -0.2) is 4.79 Å². The van der Waals surface area contributed by atoms with Crippen LogP contribution in [0.1, 0.15) is 25.5 Å². The van der Waals surface area contributed by atoms with E-state index in [1.165, 1.54) is 0 Å². The molecule has 1 heterocycles. The van der Waals surface area contributed by atoms with Gasteiger partial charge in [0.15, 0.2) is 0 Å². The predicted octanol–water partition coefficient (Wildman–Crippen LogP) is 2.17. The lowest BCUT2D eigenvalue weighted by Crippen LogP contribution is -2.17. The predicted molar refractivity (Wildman–Crippen MR) is 65.7 cm³/mol. The van der Waals surface area contributed by atoms with Crippen molar-refractivity contribution in [1.29, 1.82) is 0 Å². The monoisotopic (exact) mass is 239 g/mol. The van der Waals surface area contributed by atoms with Gasteiger partial charge in [0, 0.05) is 11.1 Å². The second-order valence-corrected chi connectivity index (χ2v) is 4.68. The summed E-state index contributed by atoms with van der Waals surface area (Å²) in [5.74, 6) is 0.292. The highest BCUT2D eigenvalue weighted by Crippen LogP contribution is 2.29. The molecule has 0 saturated heterocycles. The van der Waals surface area contributed by atoms with Crippen molar-refractivity contribution in [3.63, 3.8) is 0 Å². The van der Waals surface area contributed by atoms with Crippen molar-refractivity contribution < 1.29 is 0 Å². The minimum absolute atomic E-state index is 0.129. The van der Waals surface area contributed by atoms with E-state index < -0.39 is 0 Å². The Hall–Kier alpha value is -1.26. The van der Waals surface area contributed by atoms with Crippen LogP contribution in [0.3, 0.4) is 0 Å². The number of H-pyrrole nitrogens is 2. The molecule has 0 radical (unpaired) electrons. The van der Waals surface area contributed by atoms with Crippen LogP contribution in [-0.2, 0) is 0 Å². The third kappa shape index (κ3) is 1.86. The zero-order valence-electron chi connectivity index (χ0n) is 9.17. The Morgan fingerprint density at radius 1 is 1.25 bits per heavy atom. The summed E-state index contributed by atoms with van der Waals surface area (Å²) in [6, 6.07) is 3.43. The summed E-state index contributed by atoms with van der Waals surface area (Å²) in [4.78, 5) is 16.5. The van der Waals surface area contributed by atoms with Gasteiger partial charge in [-0.3, -0.25) is 0 Å². The number of nitrogens with two attached hydrogens (primary N) is 1. The van der Waals surface area contributed by atoms with Crippen molar-refractivity contribution in [2.24, 2.45) is 11.7 Å². The Morgan fingerprint density at radius 2 is 1.81 bits per heavy atom. The number of rotatable bonds is 2. The first-order valence-electron chi connectivity index (χ1n) is 5.16. The Labute approximate surface area is 97.8 Å². The molecule has 1 aromatic heterocycles. The second-order valence-electron chi connectivity index (χ2n) is 4.27. The summed E-state index contributed by atoms with van der Waals surface area (Å²) in [6.45, 7) is 4.07. The van der Waals surface area contributed by atoms with Crippen LogP contribution < -0.4 is 11.4 Å². The van der Waals surface area contributed by atoms with E-state index in [4.69, 9.17) is 17.3 Å². The van der Waals surface area contributed by atoms with E-state index in [2.05, 4.69) is 9.97 Å². The van der Waals surface area contributed by atoms with Crippen LogP contribution in [-0.4, -0.2) is 9.97 Å². The lowest BCUT2D eigenvalue weighted by Gasteiger charge is -2.17. The minimum atomic E-state index is -0.235. The maximum Gasteiger partial charge on any atom is 0.323 e. The van der Waals surface area contributed by atoms with Crippen LogP contribution in [0.15, 0.2) is 16.9 Å². The van der Waals surface area contributed by atoms with Gasteiger partial charge in [-0.15, -0.1) is 0 Å². The van der Waals surface area contributed by atoms with Crippen molar-refractivity contribution in [3.8, 4) is 0 Å². The molecule has 0 aliphatic rings. The molecule has 2 rings (SSSR count). The third-order valence-corrected chi connectivity index (χ3v) is 3.04. The molecule has 0 spiro atoms. The number of hydrogen-bond acceptors (Lipinski definition) is 2. The fraction of sp³-hybridized carbons (Fsp3) is 0.364. The summed E-state index contributed by atoms with van der Waals surface area (Å²) < 4.78 is 0. The number of imidazole rings is 1. The fourth-order valence-electron chi connectivity index (χ4n) is 1.69. The number of nitrogens with one attached hydrogen (secondary N) is 2. The van der Waals surface area contributed by atoms with E-state index >= 15 is 0 Å². The summed E-state index contributed by atoms with van der Waals surface area (Å²) in [7, 11) is 0. The normalized spacial score (nSPS) is 13.6. The highest BCUT2D eigenvalue weighted by Gasteiger charge is 2.15. The molecule has 5 heteroatoms. The van der Waals surface area contributed by atoms with Gasteiger partial charge in [-0.05, 0) is 23.6 Å². The van der Waals surface area contributed by atoms with Crippen LogP contribution in [0.5, 0.6) is 0 Å². The third-order valence-electron chi connectivity index (χ3n) is 2.71. The maximum atomic E-state index is 11.1. The molecule has 86 valence electrons. The molecule has 0 amide bonds. The lowest BCUT2D eigenvalue weighted by molar-refractivity contribution is 0.515. The van der Waals surface area contributed by atoms with Crippen molar-refractivity contribution in [1.82, 2.24) is 9.97 Å². The van der Waals surface area contributed by atoms with Gasteiger partial charge in [0.2, 0.25) is 0 Å². The van der Waals surface area contributed by atoms with Crippen LogP contribution in [0.2, 0.25) is 5.02 Å². The average Bonchev–Trinajstić information content (AvgIpc) is 2.54. The Morgan fingerprint density at radius 3 is 2.38 bits per heavy atom. The van der Waals surface area contributed by atoms with E-state index in [1.54, 1.807) is 6.07 Å². The SMILES string of the molecule is CC(C)C(N)c1cc2[nH]c(=O)[nH]c2cc1Cl. The summed E-state index contributed by atoms with van der Waals surface area (Å²) in [5.41, 5.74) is 8.12. The van der Waals surface area contributed by atoms with Crippen molar-refractivity contribution in [2.45, 2.75) is 19.9 Å². The van der Waals surface area contributed by atoms with E-state index in [1.807, 2.05) is 19.9 Å². The first-order chi connectivity index (χ1) is 7.49. The molecule has 1 unspecified atom stereocenters. The van der Waals surface area contributed by atoms with Crippen LogP contribution in [0, 0.1) is 5.92 Å². The van der Waals surface area contributed by atoms with E-state index in [0.717, 1.165) is 11.1 Å². The van der Waals surface area contributed by atoms with Gasteiger partial charge < -0.3 is 15.7 Å². The molecule has 1 aromatic carbocycles. The number of aromatic amines is 2. The highest BCUT2D eigenvalue weighted by molar-refractivity contribution is 6.32. The molecule has 4 N–H and O–H groups in total. The van der Waals surface area contributed by atoms with Crippen LogP contribution in [0.4, 0.5) is 0 Å². The standard InChI is InChI=1S/C11H14ClN3O/c1-5(2)10(13)6-3-8-9(4-7(6)12)15-11(16)14-8/h3-5,10H,13H2,1-2H3,(H2,14,15,16). The van der Waals surface area contributed by atoms with Gasteiger partial charge in [0.05, 0.1) is 11.0 Å². The number of fused-ring (bicyclic) bond motifs is 1. The van der Waals surface area contributed by atoms with E-state index in [-0.39, 0.29) is 11.7 Å². The van der Waals surface area contributed by atoms with Crippen LogP contribution in [0.25, 0.3) is 11.0 Å². The van der Waals surface area contributed by atoms with Gasteiger partial charge in [0.25, 0.3) is 0 Å². The summed E-state index contributed by atoms with van der Waals surface area (Å²) >= 11 is 6.14. The highest BCUT2D eigenvalue weighted by atomic mass is 35.5. The van der Waals surface area contributed by atoms with Gasteiger partial charge in [0.1, 0.15) is 0 Å². The quantitative estimate of drug-likeness (QED) is 0.751. The fourth-order valence-corrected chi connectivity index (χ4v) is 1.98. The Kier molecular flexibility index (Phi) is 2.78. The molecule has 0 saturated carbocycles. The Bertz CT molecular complexity index is 570. The lowest BCUT2D eigenvalue weighted by atomic mass is 9.97. The molecule has 0 aliphatic carbocycles. The van der Waals surface area contributed by atoms with Crippen molar-refractivity contribution in [3.05, 3.63) is 33.2 Å². The number of benzene rings is 1. The summed E-state index contributed by atoms with van der Waals surface area (Å²) in [5, 5.41) is 0.587. The number of halogens is 1. The molecule has 2 aromatic rings. The molecular weight excluding hydrogens is 226 g/mol. The Balaban J connectivity index is 2.61. The van der Waals surface area contributed by atoms with Gasteiger partial charge in [-0.1, -0.05) is 25.4 Å². The largest absolute Gasteiger partial charge is 0.324 e. The zero-order chi connectivity index (χ0) is 11.9. The zero-order valence-corrected chi connectivity index (χ0v) is 9.93. The smallest absolute Gasteiger partial charge is 0.323 e.